The first-order chi connectivity index (χ1) is 13.4. The zero-order valence-electron chi connectivity index (χ0n) is 14.4. The SMILES string of the molecule is CC(Sc1nnnn1-c1ccc(Cl)cc1)C(=O)Nc1ccccc1OC(F)F. The number of benzene rings is 2. The molecule has 7 nitrogen and oxygen atoms in total. The Bertz CT molecular complexity index is 955. The van der Waals surface area contributed by atoms with Gasteiger partial charge in [-0.1, -0.05) is 35.5 Å². The predicted octanol–water partition coefficient (Wildman–Crippen LogP) is 4.04. The molecule has 0 bridgehead atoms. The number of halogens is 3. The molecule has 1 amide bonds. The number of nitrogens with zero attached hydrogens (tertiary/aromatic N) is 4. The van der Waals surface area contributed by atoms with E-state index in [2.05, 4.69) is 25.6 Å². The van der Waals surface area contributed by atoms with Gasteiger partial charge in [-0.3, -0.25) is 4.79 Å². The average molecular weight is 426 g/mol. The summed E-state index contributed by atoms with van der Waals surface area (Å²) in [6.07, 6.45) is 0. The third-order valence-corrected chi connectivity index (χ3v) is 4.81. The molecular formula is C17H14ClF2N5O2S. The highest BCUT2D eigenvalue weighted by atomic mass is 35.5. The van der Waals surface area contributed by atoms with Crippen LogP contribution in [0.15, 0.2) is 53.7 Å². The molecule has 1 heterocycles. The van der Waals surface area contributed by atoms with Crippen molar-refractivity contribution in [2.24, 2.45) is 0 Å². The Morgan fingerprint density at radius 2 is 1.93 bits per heavy atom. The quantitative estimate of drug-likeness (QED) is 0.575. The summed E-state index contributed by atoms with van der Waals surface area (Å²) in [5, 5.41) is 14.4. The van der Waals surface area contributed by atoms with Crippen molar-refractivity contribution in [2.45, 2.75) is 23.9 Å². The normalized spacial score (nSPS) is 12.0. The molecule has 1 unspecified atom stereocenters. The molecule has 2 aromatic carbocycles. The van der Waals surface area contributed by atoms with Gasteiger partial charge in [0.25, 0.3) is 0 Å². The maximum Gasteiger partial charge on any atom is 0.387 e. The molecule has 0 spiro atoms. The molecule has 3 aromatic rings. The molecule has 0 saturated carbocycles. The van der Waals surface area contributed by atoms with Crippen molar-refractivity contribution >= 4 is 35.0 Å². The van der Waals surface area contributed by atoms with Crippen LogP contribution < -0.4 is 10.1 Å². The first-order valence-electron chi connectivity index (χ1n) is 7.99. The summed E-state index contributed by atoms with van der Waals surface area (Å²) in [5.74, 6) is -0.532. The van der Waals surface area contributed by atoms with Crippen LogP contribution >= 0.6 is 23.4 Å². The van der Waals surface area contributed by atoms with Gasteiger partial charge in [0.15, 0.2) is 0 Å². The lowest BCUT2D eigenvalue weighted by Gasteiger charge is -2.14. The number of carbonyl (C=O) groups excluding carboxylic acids is 1. The van der Waals surface area contributed by atoms with Crippen LogP contribution in [0.1, 0.15) is 6.92 Å². The molecule has 1 N–H and O–H groups in total. The Balaban J connectivity index is 1.71. The summed E-state index contributed by atoms with van der Waals surface area (Å²) in [6, 6.07) is 12.8. The third kappa shape index (κ3) is 4.96. The van der Waals surface area contributed by atoms with Gasteiger partial charge in [0.05, 0.1) is 16.6 Å². The van der Waals surface area contributed by atoms with Gasteiger partial charge < -0.3 is 10.1 Å². The van der Waals surface area contributed by atoms with Crippen molar-refractivity contribution in [3.05, 3.63) is 53.6 Å². The Labute approximate surface area is 168 Å². The molecule has 11 heteroatoms. The van der Waals surface area contributed by atoms with Gasteiger partial charge in [-0.25, -0.2) is 0 Å². The minimum absolute atomic E-state index is 0.117. The van der Waals surface area contributed by atoms with Crippen LogP contribution in [-0.2, 0) is 4.79 Å². The molecule has 0 radical (unpaired) electrons. The van der Waals surface area contributed by atoms with Gasteiger partial charge in [-0.05, 0) is 53.7 Å². The van der Waals surface area contributed by atoms with Crippen molar-refractivity contribution in [3.8, 4) is 11.4 Å². The lowest BCUT2D eigenvalue weighted by molar-refractivity contribution is -0.115. The minimum Gasteiger partial charge on any atom is -0.433 e. The van der Waals surface area contributed by atoms with E-state index in [4.69, 9.17) is 11.6 Å². The second-order valence-electron chi connectivity index (χ2n) is 5.47. The van der Waals surface area contributed by atoms with Gasteiger partial charge in [-0.15, -0.1) is 5.10 Å². The van der Waals surface area contributed by atoms with Crippen molar-refractivity contribution in [1.29, 1.82) is 0 Å². The number of thioether (sulfide) groups is 1. The summed E-state index contributed by atoms with van der Waals surface area (Å²) in [4.78, 5) is 12.5. The van der Waals surface area contributed by atoms with E-state index in [1.165, 1.54) is 22.9 Å². The van der Waals surface area contributed by atoms with E-state index >= 15 is 0 Å². The maximum atomic E-state index is 12.5. The second kappa shape index (κ2) is 8.98. The summed E-state index contributed by atoms with van der Waals surface area (Å²) in [6.45, 7) is -1.34. The smallest absolute Gasteiger partial charge is 0.387 e. The number of hydrogen-bond acceptors (Lipinski definition) is 6. The van der Waals surface area contributed by atoms with E-state index in [0.29, 0.717) is 15.9 Å². The zero-order chi connectivity index (χ0) is 20.1. The molecule has 0 fully saturated rings. The first-order valence-corrected chi connectivity index (χ1v) is 9.25. The fourth-order valence-electron chi connectivity index (χ4n) is 2.21. The van der Waals surface area contributed by atoms with Gasteiger partial charge >= 0.3 is 6.61 Å². The highest BCUT2D eigenvalue weighted by Gasteiger charge is 2.21. The van der Waals surface area contributed by atoms with Crippen molar-refractivity contribution in [3.63, 3.8) is 0 Å². The molecule has 1 aromatic heterocycles. The highest BCUT2D eigenvalue weighted by molar-refractivity contribution is 8.00. The van der Waals surface area contributed by atoms with Crippen molar-refractivity contribution < 1.29 is 18.3 Å². The zero-order valence-corrected chi connectivity index (χ0v) is 16.0. The first kappa shape index (κ1) is 20.0. The standard InChI is InChI=1S/C17H14ClF2N5O2S/c1-10(15(26)21-13-4-2-3-5-14(13)27-16(19)20)28-17-22-23-24-25(17)12-8-6-11(18)7-9-12/h2-10,16H,1H3,(H,21,26). The molecule has 0 aliphatic heterocycles. The van der Waals surface area contributed by atoms with E-state index in [0.717, 1.165) is 11.8 Å². The van der Waals surface area contributed by atoms with Gasteiger partial charge in [0.2, 0.25) is 11.1 Å². The number of rotatable bonds is 7. The summed E-state index contributed by atoms with van der Waals surface area (Å²) >= 11 is 7.00. The van der Waals surface area contributed by atoms with Crippen LogP contribution in [0, 0.1) is 0 Å². The molecule has 0 aliphatic carbocycles. The summed E-state index contributed by atoms with van der Waals surface area (Å²) in [5.41, 5.74) is 0.831. The van der Waals surface area contributed by atoms with E-state index in [9.17, 15) is 13.6 Å². The van der Waals surface area contributed by atoms with Crippen molar-refractivity contribution in [1.82, 2.24) is 20.2 Å². The number of aromatic nitrogens is 4. The number of para-hydroxylation sites is 2. The number of nitrogens with one attached hydrogen (secondary N) is 1. The molecule has 0 saturated heterocycles. The van der Waals surface area contributed by atoms with Crippen LogP contribution in [0.4, 0.5) is 14.5 Å². The van der Waals surface area contributed by atoms with Crippen LogP contribution in [0.5, 0.6) is 5.75 Å². The Morgan fingerprint density at radius 1 is 1.21 bits per heavy atom. The summed E-state index contributed by atoms with van der Waals surface area (Å²) < 4.78 is 30.9. The monoisotopic (exact) mass is 425 g/mol. The number of hydrogen-bond donors (Lipinski definition) is 1. The number of alkyl halides is 2. The lowest BCUT2D eigenvalue weighted by atomic mass is 10.3. The number of amides is 1. The van der Waals surface area contributed by atoms with Crippen LogP contribution in [-0.4, -0.2) is 38.0 Å². The number of ether oxygens (including phenoxy) is 1. The number of tetrazole rings is 1. The van der Waals surface area contributed by atoms with Crippen LogP contribution in [0.25, 0.3) is 5.69 Å². The Morgan fingerprint density at radius 3 is 2.64 bits per heavy atom. The molecule has 1 atom stereocenters. The molecule has 28 heavy (non-hydrogen) atoms. The lowest BCUT2D eigenvalue weighted by Crippen LogP contribution is -2.23. The molecule has 146 valence electrons. The fraction of sp³-hybridized carbons (Fsp3) is 0.176. The molecule has 0 aliphatic rings. The van der Waals surface area contributed by atoms with E-state index < -0.39 is 17.8 Å². The topological polar surface area (TPSA) is 81.9 Å². The molecular weight excluding hydrogens is 412 g/mol. The van der Waals surface area contributed by atoms with Crippen LogP contribution in [0.3, 0.4) is 0 Å². The highest BCUT2D eigenvalue weighted by Crippen LogP contribution is 2.28. The maximum absolute atomic E-state index is 12.5. The van der Waals surface area contributed by atoms with Gasteiger partial charge in [0.1, 0.15) is 5.75 Å². The Kier molecular flexibility index (Phi) is 6.42. The number of anilines is 1. The second-order valence-corrected chi connectivity index (χ2v) is 7.22. The predicted molar refractivity (Wildman–Crippen MR) is 101 cm³/mol. The van der Waals surface area contributed by atoms with Gasteiger partial charge in [0, 0.05) is 5.02 Å². The minimum atomic E-state index is -2.99. The van der Waals surface area contributed by atoms with Gasteiger partial charge in [-0.2, -0.15) is 13.5 Å². The van der Waals surface area contributed by atoms with E-state index in [1.807, 2.05) is 0 Å². The van der Waals surface area contributed by atoms with Crippen molar-refractivity contribution in [2.75, 3.05) is 5.32 Å². The number of carbonyl (C=O) groups is 1. The van der Waals surface area contributed by atoms with E-state index in [-0.39, 0.29) is 11.4 Å². The fourth-order valence-corrected chi connectivity index (χ4v) is 3.14. The summed E-state index contributed by atoms with van der Waals surface area (Å²) in [7, 11) is 0. The van der Waals surface area contributed by atoms with E-state index in [1.54, 1.807) is 37.3 Å². The molecule has 3 rings (SSSR count). The average Bonchev–Trinajstić information content (AvgIpc) is 3.11. The van der Waals surface area contributed by atoms with Crippen LogP contribution in [0.2, 0.25) is 5.02 Å². The Hall–Kier alpha value is -2.72. The third-order valence-electron chi connectivity index (χ3n) is 3.52. The largest absolute Gasteiger partial charge is 0.433 e.